The highest BCUT2D eigenvalue weighted by molar-refractivity contribution is 7.90. The summed E-state index contributed by atoms with van der Waals surface area (Å²) in [5, 5.41) is 3.45. The SMILES string of the molecule is CC(C)Oc1cccc(CN=C2Nc3c(Oc4ccccc4Cl)cccc3S(=O)(=O)N2)c1. The molecular weight excluding hydrogens is 450 g/mol. The summed E-state index contributed by atoms with van der Waals surface area (Å²) in [5.74, 6) is 1.57. The van der Waals surface area contributed by atoms with Crippen LogP contribution >= 0.6 is 11.6 Å². The van der Waals surface area contributed by atoms with E-state index in [9.17, 15) is 8.42 Å². The van der Waals surface area contributed by atoms with E-state index in [1.807, 2.05) is 38.1 Å². The summed E-state index contributed by atoms with van der Waals surface area (Å²) in [7, 11) is -3.83. The van der Waals surface area contributed by atoms with Gasteiger partial charge in [0.15, 0.2) is 5.75 Å². The maximum atomic E-state index is 12.8. The lowest BCUT2D eigenvalue weighted by atomic mass is 10.2. The van der Waals surface area contributed by atoms with Crippen molar-refractivity contribution < 1.29 is 17.9 Å². The maximum Gasteiger partial charge on any atom is 0.266 e. The second-order valence-corrected chi connectivity index (χ2v) is 9.43. The Hall–Kier alpha value is -3.23. The molecule has 0 fully saturated rings. The number of hydrogen-bond acceptors (Lipinski definition) is 5. The topological polar surface area (TPSA) is 89.0 Å². The van der Waals surface area contributed by atoms with Crippen molar-refractivity contribution in [2.45, 2.75) is 31.4 Å². The minimum absolute atomic E-state index is 0.0522. The summed E-state index contributed by atoms with van der Waals surface area (Å²) in [5.41, 5.74) is 1.17. The molecule has 9 heteroatoms. The molecule has 1 aliphatic rings. The van der Waals surface area contributed by atoms with Gasteiger partial charge in [0.2, 0.25) is 5.96 Å². The van der Waals surface area contributed by atoms with Crippen molar-refractivity contribution in [3.05, 3.63) is 77.3 Å². The van der Waals surface area contributed by atoms with Crippen molar-refractivity contribution >= 4 is 33.3 Å². The molecule has 32 heavy (non-hydrogen) atoms. The van der Waals surface area contributed by atoms with Crippen LogP contribution in [0.2, 0.25) is 5.02 Å². The Labute approximate surface area is 192 Å². The van der Waals surface area contributed by atoms with Crippen LogP contribution < -0.4 is 19.5 Å². The van der Waals surface area contributed by atoms with E-state index in [1.165, 1.54) is 6.07 Å². The molecule has 4 rings (SSSR count). The molecule has 7 nitrogen and oxygen atoms in total. The zero-order chi connectivity index (χ0) is 22.7. The molecule has 0 atom stereocenters. The average Bonchev–Trinajstić information content (AvgIpc) is 2.74. The lowest BCUT2D eigenvalue weighted by Crippen LogP contribution is -2.40. The molecule has 0 bridgehead atoms. The molecule has 1 aliphatic heterocycles. The largest absolute Gasteiger partial charge is 0.491 e. The van der Waals surface area contributed by atoms with Gasteiger partial charge in [0.05, 0.1) is 17.7 Å². The van der Waals surface area contributed by atoms with E-state index in [4.69, 9.17) is 21.1 Å². The Morgan fingerprint density at radius 2 is 1.75 bits per heavy atom. The fourth-order valence-corrected chi connectivity index (χ4v) is 4.48. The third kappa shape index (κ3) is 4.98. The molecule has 3 aromatic rings. The van der Waals surface area contributed by atoms with Gasteiger partial charge < -0.3 is 14.8 Å². The van der Waals surface area contributed by atoms with Crippen LogP contribution in [0.25, 0.3) is 0 Å². The van der Waals surface area contributed by atoms with E-state index in [1.54, 1.807) is 36.4 Å². The summed E-state index contributed by atoms with van der Waals surface area (Å²) in [6.07, 6.45) is 0.0522. The molecule has 2 N–H and O–H groups in total. The first-order valence-corrected chi connectivity index (χ1v) is 11.8. The number of rotatable bonds is 6. The van der Waals surface area contributed by atoms with Crippen LogP contribution in [0.5, 0.6) is 17.2 Å². The van der Waals surface area contributed by atoms with E-state index >= 15 is 0 Å². The number of ether oxygens (including phenoxy) is 2. The molecule has 3 aromatic carbocycles. The number of aliphatic imine (C=N–C) groups is 1. The number of benzene rings is 3. The Balaban J connectivity index is 1.62. The first kappa shape index (κ1) is 22.0. The van der Waals surface area contributed by atoms with Crippen LogP contribution in [0.3, 0.4) is 0 Å². The van der Waals surface area contributed by atoms with Crippen molar-refractivity contribution in [3.63, 3.8) is 0 Å². The predicted octanol–water partition coefficient (Wildman–Crippen LogP) is 5.18. The molecule has 0 aromatic heterocycles. The normalized spacial score (nSPS) is 15.6. The predicted molar refractivity (Wildman–Crippen MR) is 125 cm³/mol. The van der Waals surface area contributed by atoms with Crippen molar-refractivity contribution in [1.29, 1.82) is 0 Å². The van der Waals surface area contributed by atoms with Gasteiger partial charge in [-0.1, -0.05) is 41.9 Å². The zero-order valence-electron chi connectivity index (χ0n) is 17.5. The molecule has 0 saturated carbocycles. The van der Waals surface area contributed by atoms with Crippen molar-refractivity contribution in [1.82, 2.24) is 4.72 Å². The molecule has 0 saturated heterocycles. The van der Waals surface area contributed by atoms with Crippen LogP contribution in [0.1, 0.15) is 19.4 Å². The van der Waals surface area contributed by atoms with E-state index in [0.29, 0.717) is 22.2 Å². The van der Waals surface area contributed by atoms with E-state index in [-0.39, 0.29) is 23.5 Å². The minimum atomic E-state index is -3.83. The number of nitrogens with one attached hydrogen (secondary N) is 2. The number of guanidine groups is 1. The Bertz CT molecular complexity index is 1280. The summed E-state index contributed by atoms with van der Waals surface area (Å²) in [6, 6.07) is 19.3. The Kier molecular flexibility index (Phi) is 6.25. The monoisotopic (exact) mass is 471 g/mol. The number of para-hydroxylation sites is 2. The van der Waals surface area contributed by atoms with Gasteiger partial charge >= 0.3 is 0 Å². The average molecular weight is 472 g/mol. The van der Waals surface area contributed by atoms with Crippen LogP contribution in [0.4, 0.5) is 5.69 Å². The highest BCUT2D eigenvalue weighted by Crippen LogP contribution is 2.38. The highest BCUT2D eigenvalue weighted by Gasteiger charge is 2.29. The maximum absolute atomic E-state index is 12.8. The smallest absolute Gasteiger partial charge is 0.266 e. The molecule has 0 amide bonds. The highest BCUT2D eigenvalue weighted by atomic mass is 35.5. The van der Waals surface area contributed by atoms with Gasteiger partial charge in [-0.3, -0.25) is 0 Å². The number of sulfonamides is 1. The van der Waals surface area contributed by atoms with E-state index < -0.39 is 10.0 Å². The number of halogens is 1. The first-order valence-electron chi connectivity index (χ1n) is 9.97. The van der Waals surface area contributed by atoms with Crippen molar-refractivity contribution in [2.24, 2.45) is 4.99 Å². The van der Waals surface area contributed by atoms with Gasteiger partial charge in [-0.05, 0) is 55.8 Å². The zero-order valence-corrected chi connectivity index (χ0v) is 19.1. The van der Waals surface area contributed by atoms with Crippen LogP contribution in [0, 0.1) is 0 Å². The van der Waals surface area contributed by atoms with Gasteiger partial charge in [0.25, 0.3) is 10.0 Å². The number of nitrogens with zero attached hydrogens (tertiary/aromatic N) is 1. The van der Waals surface area contributed by atoms with Crippen LogP contribution in [-0.2, 0) is 16.6 Å². The third-order valence-corrected chi connectivity index (χ3v) is 6.19. The molecule has 166 valence electrons. The lowest BCUT2D eigenvalue weighted by molar-refractivity contribution is 0.242. The number of fused-ring (bicyclic) bond motifs is 1. The third-order valence-electron chi connectivity index (χ3n) is 4.50. The lowest BCUT2D eigenvalue weighted by Gasteiger charge is -2.23. The summed E-state index contributed by atoms with van der Waals surface area (Å²) in [4.78, 5) is 4.48. The minimum Gasteiger partial charge on any atom is -0.491 e. The first-order chi connectivity index (χ1) is 15.3. The molecule has 0 unspecified atom stereocenters. The fraction of sp³-hybridized carbons (Fsp3) is 0.174. The Morgan fingerprint density at radius 3 is 2.53 bits per heavy atom. The van der Waals surface area contributed by atoms with E-state index in [2.05, 4.69) is 15.0 Å². The van der Waals surface area contributed by atoms with Gasteiger partial charge in [0.1, 0.15) is 22.1 Å². The second-order valence-electron chi connectivity index (χ2n) is 7.37. The van der Waals surface area contributed by atoms with Gasteiger partial charge in [0, 0.05) is 0 Å². The van der Waals surface area contributed by atoms with Gasteiger partial charge in [-0.2, -0.15) is 0 Å². The van der Waals surface area contributed by atoms with Crippen LogP contribution in [0.15, 0.2) is 76.6 Å². The molecule has 0 spiro atoms. The van der Waals surface area contributed by atoms with Gasteiger partial charge in [-0.15, -0.1) is 0 Å². The summed E-state index contributed by atoms with van der Waals surface area (Å²) in [6.45, 7) is 4.16. The number of hydrogen-bond donors (Lipinski definition) is 2. The standard InChI is InChI=1S/C23H22ClN3O4S/c1-15(2)30-17-8-5-7-16(13-17)14-25-23-26-22-20(31-19-10-4-3-9-18(19)24)11-6-12-21(22)32(28,29)27-23/h3-13,15H,14H2,1-2H3,(H2,25,26,27). The second kappa shape index (κ2) is 9.10. The van der Waals surface area contributed by atoms with Crippen molar-refractivity contribution in [3.8, 4) is 17.2 Å². The fourth-order valence-electron chi connectivity index (χ4n) is 3.15. The van der Waals surface area contributed by atoms with E-state index in [0.717, 1.165) is 11.3 Å². The number of anilines is 1. The summed E-state index contributed by atoms with van der Waals surface area (Å²) >= 11 is 6.19. The quantitative estimate of drug-likeness (QED) is 0.517. The Morgan fingerprint density at radius 1 is 1.00 bits per heavy atom. The molecule has 0 aliphatic carbocycles. The molecule has 0 radical (unpaired) electrons. The van der Waals surface area contributed by atoms with Crippen LogP contribution in [-0.4, -0.2) is 20.5 Å². The van der Waals surface area contributed by atoms with Crippen molar-refractivity contribution in [2.75, 3.05) is 5.32 Å². The summed E-state index contributed by atoms with van der Waals surface area (Å²) < 4.78 is 39.7. The molecule has 1 heterocycles. The van der Waals surface area contributed by atoms with Gasteiger partial charge in [-0.25, -0.2) is 18.1 Å². The molecular formula is C23H22ClN3O4S.